The van der Waals surface area contributed by atoms with Gasteiger partial charge in [0, 0.05) is 19.3 Å². The lowest BCUT2D eigenvalue weighted by Crippen LogP contribution is -2.14. The van der Waals surface area contributed by atoms with E-state index in [9.17, 15) is 13.2 Å². The molecule has 1 rings (SSSR count). The van der Waals surface area contributed by atoms with Gasteiger partial charge in [0.05, 0.1) is 18.4 Å². The molecule has 1 heterocycles. The third kappa shape index (κ3) is 5.16. The van der Waals surface area contributed by atoms with Crippen molar-refractivity contribution in [2.45, 2.75) is 39.0 Å². The lowest BCUT2D eigenvalue weighted by atomic mass is 10.4. The second-order valence-electron chi connectivity index (χ2n) is 3.64. The quantitative estimate of drug-likeness (QED) is 0.767. The monoisotopic (exact) mass is 235 g/mol. The van der Waals surface area contributed by atoms with Crippen LogP contribution in [0.25, 0.3) is 0 Å². The van der Waals surface area contributed by atoms with Gasteiger partial charge in [-0.15, -0.1) is 0 Å². The molecule has 1 aromatic heterocycles. The number of nitrogens with zero attached hydrogens (tertiary/aromatic N) is 2. The number of aryl methyl sites for hydroxylation is 1. The maximum atomic E-state index is 12.0. The van der Waals surface area contributed by atoms with Gasteiger partial charge in [-0.3, -0.25) is 0 Å². The van der Waals surface area contributed by atoms with Crippen LogP contribution >= 0.6 is 0 Å². The average Bonchev–Trinajstić information content (AvgIpc) is 2.62. The molecule has 3 nitrogen and oxygen atoms in total. The minimum Gasteiger partial charge on any atom is -0.337 e. The van der Waals surface area contributed by atoms with Gasteiger partial charge in [0.2, 0.25) is 0 Å². The van der Waals surface area contributed by atoms with E-state index in [0.717, 1.165) is 18.7 Å². The Labute approximate surface area is 92.7 Å². The number of nitrogens with one attached hydrogen (secondary N) is 1. The Hall–Kier alpha value is -1.04. The fourth-order valence-electron chi connectivity index (χ4n) is 1.27. The van der Waals surface area contributed by atoms with Crippen LogP contribution in [0.3, 0.4) is 0 Å². The molecule has 0 bridgehead atoms. The van der Waals surface area contributed by atoms with Gasteiger partial charge >= 0.3 is 6.18 Å². The minimum atomic E-state index is -4.11. The van der Waals surface area contributed by atoms with Crippen molar-refractivity contribution in [3.63, 3.8) is 0 Å². The van der Waals surface area contributed by atoms with E-state index >= 15 is 0 Å². The first-order valence-electron chi connectivity index (χ1n) is 5.29. The van der Waals surface area contributed by atoms with Gasteiger partial charge in [0.15, 0.2) is 0 Å². The minimum absolute atomic E-state index is 0.0652. The Kier molecular flexibility index (Phi) is 4.79. The van der Waals surface area contributed by atoms with Crippen molar-refractivity contribution >= 4 is 0 Å². The van der Waals surface area contributed by atoms with E-state index in [4.69, 9.17) is 0 Å². The molecule has 1 aromatic rings. The van der Waals surface area contributed by atoms with Crippen LogP contribution in [0.5, 0.6) is 0 Å². The summed E-state index contributed by atoms with van der Waals surface area (Å²) >= 11 is 0. The lowest BCUT2D eigenvalue weighted by molar-refractivity contribution is -0.136. The molecule has 0 aliphatic rings. The third-order valence-corrected chi connectivity index (χ3v) is 2.07. The number of halogens is 3. The zero-order valence-corrected chi connectivity index (χ0v) is 9.22. The number of aromatic nitrogens is 2. The molecule has 0 spiro atoms. The van der Waals surface area contributed by atoms with Gasteiger partial charge in [-0.05, 0) is 13.0 Å². The summed E-state index contributed by atoms with van der Waals surface area (Å²) in [7, 11) is 0. The van der Waals surface area contributed by atoms with Gasteiger partial charge in [-0.1, -0.05) is 6.92 Å². The molecule has 0 fully saturated rings. The third-order valence-electron chi connectivity index (χ3n) is 2.07. The number of rotatable bonds is 6. The van der Waals surface area contributed by atoms with E-state index in [-0.39, 0.29) is 6.54 Å². The molecule has 0 unspecified atom stereocenters. The Morgan fingerprint density at radius 3 is 2.81 bits per heavy atom. The van der Waals surface area contributed by atoms with Crippen molar-refractivity contribution in [3.05, 3.63) is 18.2 Å². The SMILES string of the molecule is CCCNCc1cn(CCC(F)(F)F)cn1. The fraction of sp³-hybridized carbons (Fsp3) is 0.700. The summed E-state index contributed by atoms with van der Waals surface area (Å²) in [6.07, 6.45) is -0.812. The number of alkyl halides is 3. The molecule has 0 aromatic carbocycles. The molecular weight excluding hydrogens is 219 g/mol. The molecule has 0 saturated heterocycles. The summed E-state index contributed by atoms with van der Waals surface area (Å²) in [5.41, 5.74) is 0.774. The summed E-state index contributed by atoms with van der Waals surface area (Å²) in [4.78, 5) is 4.02. The predicted molar refractivity (Wildman–Crippen MR) is 54.9 cm³/mol. The van der Waals surface area contributed by atoms with Gasteiger partial charge < -0.3 is 9.88 Å². The molecule has 6 heteroatoms. The van der Waals surface area contributed by atoms with E-state index in [1.54, 1.807) is 6.20 Å². The number of hydrogen-bond donors (Lipinski definition) is 1. The van der Waals surface area contributed by atoms with Crippen LogP contribution in [0, 0.1) is 0 Å². The molecule has 1 N–H and O–H groups in total. The van der Waals surface area contributed by atoms with E-state index < -0.39 is 12.6 Å². The molecule has 16 heavy (non-hydrogen) atoms. The van der Waals surface area contributed by atoms with Gasteiger partial charge in [-0.2, -0.15) is 13.2 Å². The Balaban J connectivity index is 2.33. The largest absolute Gasteiger partial charge is 0.390 e. The average molecular weight is 235 g/mol. The van der Waals surface area contributed by atoms with Crippen molar-refractivity contribution in [2.75, 3.05) is 6.54 Å². The zero-order valence-electron chi connectivity index (χ0n) is 9.22. The zero-order chi connectivity index (χ0) is 12.0. The molecule has 0 amide bonds. The highest BCUT2D eigenvalue weighted by Gasteiger charge is 2.26. The van der Waals surface area contributed by atoms with E-state index in [1.807, 2.05) is 0 Å². The fourth-order valence-corrected chi connectivity index (χ4v) is 1.27. The second-order valence-corrected chi connectivity index (χ2v) is 3.64. The van der Waals surface area contributed by atoms with E-state index in [1.165, 1.54) is 10.9 Å². The van der Waals surface area contributed by atoms with Crippen LogP contribution in [0.15, 0.2) is 12.5 Å². The predicted octanol–water partition coefficient (Wildman–Crippen LogP) is 2.34. The van der Waals surface area contributed by atoms with Crippen molar-refractivity contribution in [1.82, 2.24) is 14.9 Å². The molecule has 0 saturated carbocycles. The van der Waals surface area contributed by atoms with Crippen molar-refractivity contribution in [3.8, 4) is 0 Å². The van der Waals surface area contributed by atoms with Gasteiger partial charge in [0.1, 0.15) is 0 Å². The summed E-state index contributed by atoms with van der Waals surface area (Å²) in [5.74, 6) is 0. The first-order chi connectivity index (χ1) is 7.51. The summed E-state index contributed by atoms with van der Waals surface area (Å²) in [6.45, 7) is 3.47. The summed E-state index contributed by atoms with van der Waals surface area (Å²) in [5, 5.41) is 3.14. The Bertz CT molecular complexity index is 307. The van der Waals surface area contributed by atoms with Gasteiger partial charge in [0.25, 0.3) is 0 Å². The highest BCUT2D eigenvalue weighted by molar-refractivity contribution is 4.96. The number of imidazole rings is 1. The first-order valence-corrected chi connectivity index (χ1v) is 5.29. The van der Waals surface area contributed by atoms with Crippen LogP contribution in [0.4, 0.5) is 13.2 Å². The summed E-state index contributed by atoms with van der Waals surface area (Å²) < 4.78 is 37.3. The van der Waals surface area contributed by atoms with Crippen LogP contribution < -0.4 is 5.32 Å². The van der Waals surface area contributed by atoms with E-state index in [2.05, 4.69) is 17.2 Å². The van der Waals surface area contributed by atoms with Crippen LogP contribution in [0.2, 0.25) is 0 Å². The summed E-state index contributed by atoms with van der Waals surface area (Å²) in [6, 6.07) is 0. The Morgan fingerprint density at radius 1 is 1.44 bits per heavy atom. The van der Waals surface area contributed by atoms with Crippen LogP contribution in [0.1, 0.15) is 25.5 Å². The molecule has 0 atom stereocenters. The van der Waals surface area contributed by atoms with Crippen LogP contribution in [-0.2, 0) is 13.1 Å². The van der Waals surface area contributed by atoms with E-state index in [0.29, 0.717) is 6.54 Å². The maximum absolute atomic E-state index is 12.0. The topological polar surface area (TPSA) is 29.9 Å². The van der Waals surface area contributed by atoms with Crippen molar-refractivity contribution in [2.24, 2.45) is 0 Å². The standard InChI is InChI=1S/C10H16F3N3/c1-2-4-14-6-9-7-16(8-15-9)5-3-10(11,12)13/h7-8,14H,2-6H2,1H3. The Morgan fingerprint density at radius 2 is 2.19 bits per heavy atom. The lowest BCUT2D eigenvalue weighted by Gasteiger charge is -2.05. The molecular formula is C10H16F3N3. The number of hydrogen-bond acceptors (Lipinski definition) is 2. The molecule has 0 aliphatic carbocycles. The van der Waals surface area contributed by atoms with Gasteiger partial charge in [-0.25, -0.2) is 4.98 Å². The highest BCUT2D eigenvalue weighted by atomic mass is 19.4. The first kappa shape index (κ1) is 13.0. The smallest absolute Gasteiger partial charge is 0.337 e. The normalized spacial score (nSPS) is 12.0. The van der Waals surface area contributed by atoms with Crippen LogP contribution in [-0.4, -0.2) is 22.3 Å². The van der Waals surface area contributed by atoms with Crippen molar-refractivity contribution in [1.29, 1.82) is 0 Å². The molecule has 92 valence electrons. The second kappa shape index (κ2) is 5.89. The highest BCUT2D eigenvalue weighted by Crippen LogP contribution is 2.20. The maximum Gasteiger partial charge on any atom is 0.390 e. The van der Waals surface area contributed by atoms with Crippen molar-refractivity contribution < 1.29 is 13.2 Å². The molecule has 0 radical (unpaired) electrons. The molecule has 0 aliphatic heterocycles.